The number of hydrogen-bond acceptors (Lipinski definition) is 2. The van der Waals surface area contributed by atoms with Crippen LogP contribution < -0.4 is 10.6 Å². The summed E-state index contributed by atoms with van der Waals surface area (Å²) in [6.45, 7) is 1.85. The minimum absolute atomic E-state index is 0.169. The summed E-state index contributed by atoms with van der Waals surface area (Å²) in [4.78, 5) is 11.1. The Labute approximate surface area is 77.0 Å². The molecule has 1 aliphatic heterocycles. The van der Waals surface area contributed by atoms with Crippen LogP contribution in [0.4, 0.5) is 4.79 Å². The lowest BCUT2D eigenvalue weighted by Crippen LogP contribution is -2.39. The molecule has 0 aromatic heterocycles. The average molecular weight is 180 g/mol. The van der Waals surface area contributed by atoms with Gasteiger partial charge in [0.1, 0.15) is 0 Å². The van der Waals surface area contributed by atoms with Gasteiger partial charge < -0.3 is 15.4 Å². The predicted octanol–water partition coefficient (Wildman–Crippen LogP) is -0.436. The average Bonchev–Trinajstić information content (AvgIpc) is 2.63. The van der Waals surface area contributed by atoms with Gasteiger partial charge in [0, 0.05) is 17.9 Å². The van der Waals surface area contributed by atoms with Crippen LogP contribution in [-0.4, -0.2) is 31.8 Å². The van der Waals surface area contributed by atoms with E-state index >= 15 is 0 Å². The Morgan fingerprint density at radius 2 is 2.23 bits per heavy atom. The maximum atomic E-state index is 11.1. The van der Waals surface area contributed by atoms with Crippen molar-refractivity contribution < 1.29 is 9.53 Å². The molecule has 0 aromatic carbocycles. The molecule has 0 spiro atoms. The monoisotopic (exact) mass is 180 g/mol. The van der Waals surface area contributed by atoms with Crippen molar-refractivity contribution in [3.8, 4) is 12.3 Å². The SMILES string of the molecule is C#CCNC(=O)NC1[C@H]2COC[C@H]12. The molecule has 4 nitrogen and oxygen atoms in total. The third-order valence-corrected chi connectivity index (χ3v) is 2.60. The van der Waals surface area contributed by atoms with E-state index in [0.29, 0.717) is 17.9 Å². The van der Waals surface area contributed by atoms with E-state index in [0.717, 1.165) is 13.2 Å². The van der Waals surface area contributed by atoms with E-state index in [2.05, 4.69) is 16.6 Å². The molecule has 0 unspecified atom stereocenters. The molecule has 0 radical (unpaired) electrons. The van der Waals surface area contributed by atoms with Gasteiger partial charge in [-0.1, -0.05) is 5.92 Å². The molecule has 1 aliphatic carbocycles. The maximum absolute atomic E-state index is 11.1. The molecule has 0 aromatic rings. The number of hydrogen-bond donors (Lipinski definition) is 2. The van der Waals surface area contributed by atoms with E-state index in [9.17, 15) is 4.79 Å². The first kappa shape index (κ1) is 8.39. The Balaban J connectivity index is 1.69. The van der Waals surface area contributed by atoms with E-state index in [1.807, 2.05) is 0 Å². The third-order valence-electron chi connectivity index (χ3n) is 2.60. The summed E-state index contributed by atoms with van der Waals surface area (Å²) in [6, 6.07) is 0.142. The summed E-state index contributed by atoms with van der Waals surface area (Å²) >= 11 is 0. The largest absolute Gasteiger partial charge is 0.381 e. The normalized spacial score (nSPS) is 34.5. The first-order valence-electron chi connectivity index (χ1n) is 4.38. The molecule has 4 heteroatoms. The molecule has 2 rings (SSSR count). The van der Waals surface area contributed by atoms with Crippen LogP contribution in [-0.2, 0) is 4.74 Å². The van der Waals surface area contributed by atoms with E-state index in [1.165, 1.54) is 0 Å². The molecule has 1 saturated carbocycles. The fourth-order valence-corrected chi connectivity index (χ4v) is 1.79. The van der Waals surface area contributed by atoms with Crippen molar-refractivity contribution in [2.75, 3.05) is 19.8 Å². The Morgan fingerprint density at radius 1 is 1.54 bits per heavy atom. The second kappa shape index (κ2) is 3.27. The zero-order valence-electron chi connectivity index (χ0n) is 7.25. The summed E-state index contributed by atoms with van der Waals surface area (Å²) < 4.78 is 5.20. The van der Waals surface area contributed by atoms with Crippen LogP contribution in [0.2, 0.25) is 0 Å². The summed E-state index contributed by atoms with van der Waals surface area (Å²) in [7, 11) is 0. The standard InChI is InChI=1S/C9H12N2O2/c1-2-3-10-9(12)11-8-6-4-13-5-7(6)8/h1,6-8H,3-5H2,(H2,10,11,12)/t6-,7-/m0/s1. The number of amides is 2. The zero-order valence-corrected chi connectivity index (χ0v) is 7.25. The van der Waals surface area contributed by atoms with E-state index in [-0.39, 0.29) is 12.6 Å². The van der Waals surface area contributed by atoms with Gasteiger partial charge in [-0.25, -0.2) is 4.79 Å². The lowest BCUT2D eigenvalue weighted by atomic mass is 10.4. The van der Waals surface area contributed by atoms with Crippen molar-refractivity contribution in [3.05, 3.63) is 0 Å². The molecule has 13 heavy (non-hydrogen) atoms. The van der Waals surface area contributed by atoms with E-state index in [1.54, 1.807) is 0 Å². The number of carbonyl (C=O) groups excluding carboxylic acids is 1. The molecular weight excluding hydrogens is 168 g/mol. The number of urea groups is 1. The van der Waals surface area contributed by atoms with Crippen LogP contribution >= 0.6 is 0 Å². The molecule has 0 bridgehead atoms. The van der Waals surface area contributed by atoms with Crippen LogP contribution in [0.15, 0.2) is 0 Å². The predicted molar refractivity (Wildman–Crippen MR) is 47.0 cm³/mol. The van der Waals surface area contributed by atoms with Crippen LogP contribution in [0, 0.1) is 24.2 Å². The number of terminal acetylenes is 1. The molecule has 2 aliphatic rings. The van der Waals surface area contributed by atoms with Gasteiger partial charge in [-0.3, -0.25) is 0 Å². The van der Waals surface area contributed by atoms with E-state index in [4.69, 9.17) is 11.2 Å². The van der Waals surface area contributed by atoms with Crippen molar-refractivity contribution in [2.24, 2.45) is 11.8 Å². The first-order valence-corrected chi connectivity index (χ1v) is 4.38. The Morgan fingerprint density at radius 3 is 2.85 bits per heavy atom. The number of ether oxygens (including phenoxy) is 1. The molecule has 1 heterocycles. The van der Waals surface area contributed by atoms with Gasteiger partial charge >= 0.3 is 6.03 Å². The molecule has 2 amide bonds. The van der Waals surface area contributed by atoms with Crippen LogP contribution in [0.25, 0.3) is 0 Å². The summed E-state index contributed by atoms with van der Waals surface area (Å²) in [5.41, 5.74) is 0. The lowest BCUT2D eigenvalue weighted by Gasteiger charge is -2.06. The van der Waals surface area contributed by atoms with Crippen LogP contribution in [0.3, 0.4) is 0 Å². The Kier molecular flexibility index (Phi) is 2.11. The summed E-state index contributed by atoms with van der Waals surface area (Å²) in [6.07, 6.45) is 5.00. The molecule has 2 fully saturated rings. The van der Waals surface area contributed by atoms with Crippen LogP contribution in [0.5, 0.6) is 0 Å². The smallest absolute Gasteiger partial charge is 0.315 e. The second-order valence-corrected chi connectivity index (χ2v) is 3.42. The van der Waals surface area contributed by atoms with Gasteiger partial charge in [-0.05, 0) is 0 Å². The highest BCUT2D eigenvalue weighted by Crippen LogP contribution is 2.43. The topological polar surface area (TPSA) is 50.4 Å². The maximum Gasteiger partial charge on any atom is 0.315 e. The molecule has 2 N–H and O–H groups in total. The third kappa shape index (κ3) is 1.61. The van der Waals surface area contributed by atoms with Gasteiger partial charge in [0.2, 0.25) is 0 Å². The minimum Gasteiger partial charge on any atom is -0.381 e. The highest BCUT2D eigenvalue weighted by molar-refractivity contribution is 5.75. The molecule has 70 valence electrons. The fourth-order valence-electron chi connectivity index (χ4n) is 1.79. The van der Waals surface area contributed by atoms with Crippen LogP contribution in [0.1, 0.15) is 0 Å². The fraction of sp³-hybridized carbons (Fsp3) is 0.667. The van der Waals surface area contributed by atoms with Gasteiger partial charge in [0.15, 0.2) is 0 Å². The number of rotatable bonds is 2. The number of fused-ring (bicyclic) bond motifs is 1. The molecule has 2 atom stereocenters. The quantitative estimate of drug-likeness (QED) is 0.566. The highest BCUT2D eigenvalue weighted by atomic mass is 16.5. The second-order valence-electron chi connectivity index (χ2n) is 3.42. The number of nitrogens with one attached hydrogen (secondary N) is 2. The molecule has 1 saturated heterocycles. The Bertz CT molecular complexity index is 249. The number of carbonyl (C=O) groups is 1. The first-order chi connectivity index (χ1) is 6.33. The van der Waals surface area contributed by atoms with Crippen molar-refractivity contribution >= 4 is 6.03 Å². The summed E-state index contributed by atoms with van der Waals surface area (Å²) in [5, 5.41) is 5.43. The van der Waals surface area contributed by atoms with Crippen molar-refractivity contribution in [1.82, 2.24) is 10.6 Å². The minimum atomic E-state index is -0.169. The van der Waals surface area contributed by atoms with Gasteiger partial charge in [-0.15, -0.1) is 6.42 Å². The summed E-state index contributed by atoms with van der Waals surface area (Å²) in [5.74, 6) is 3.42. The van der Waals surface area contributed by atoms with E-state index < -0.39 is 0 Å². The van der Waals surface area contributed by atoms with Crippen molar-refractivity contribution in [2.45, 2.75) is 6.04 Å². The zero-order chi connectivity index (χ0) is 9.26. The molecular formula is C9H12N2O2. The van der Waals surface area contributed by atoms with Gasteiger partial charge in [0.05, 0.1) is 19.8 Å². The van der Waals surface area contributed by atoms with Gasteiger partial charge in [-0.2, -0.15) is 0 Å². The van der Waals surface area contributed by atoms with Crippen molar-refractivity contribution in [3.63, 3.8) is 0 Å². The lowest BCUT2D eigenvalue weighted by molar-refractivity contribution is 0.156. The van der Waals surface area contributed by atoms with Gasteiger partial charge in [0.25, 0.3) is 0 Å². The Hall–Kier alpha value is -1.21. The van der Waals surface area contributed by atoms with Crippen molar-refractivity contribution in [1.29, 1.82) is 0 Å². The highest BCUT2D eigenvalue weighted by Gasteiger charge is 2.54.